The van der Waals surface area contributed by atoms with E-state index in [9.17, 15) is 9.18 Å². The van der Waals surface area contributed by atoms with Crippen molar-refractivity contribution in [2.75, 3.05) is 14.2 Å². The van der Waals surface area contributed by atoms with Crippen molar-refractivity contribution in [3.63, 3.8) is 0 Å². The van der Waals surface area contributed by atoms with Crippen molar-refractivity contribution >= 4 is 5.65 Å². The van der Waals surface area contributed by atoms with Gasteiger partial charge in [0.1, 0.15) is 5.65 Å². The number of hydrogen-bond acceptors (Lipinski definition) is 4. The molecule has 3 rings (SSSR count). The van der Waals surface area contributed by atoms with Gasteiger partial charge in [-0.2, -0.15) is 0 Å². The third-order valence-corrected chi connectivity index (χ3v) is 3.72. The van der Waals surface area contributed by atoms with Crippen LogP contribution in [0.2, 0.25) is 0 Å². The Balaban J connectivity index is 1.76. The second kappa shape index (κ2) is 6.80. The van der Waals surface area contributed by atoms with Crippen LogP contribution in [0.25, 0.3) is 5.65 Å². The van der Waals surface area contributed by atoms with Crippen LogP contribution < -0.4 is 10.3 Å². The van der Waals surface area contributed by atoms with Crippen LogP contribution in [0.15, 0.2) is 53.5 Å². The molecule has 0 bridgehead atoms. The summed E-state index contributed by atoms with van der Waals surface area (Å²) in [6.07, 6.45) is 1.69. The number of hydrogen-bond donors (Lipinski definition) is 0. The van der Waals surface area contributed by atoms with E-state index in [0.717, 1.165) is 5.56 Å². The Kier molecular flexibility index (Phi) is 4.57. The summed E-state index contributed by atoms with van der Waals surface area (Å²) in [5, 5.41) is 0. The SMILES string of the molecule is COc1ccc(CN(C)Cc2cc(=O)n3ccccc3n2)cc1F. The molecule has 0 aliphatic carbocycles. The Morgan fingerprint density at radius 3 is 2.79 bits per heavy atom. The lowest BCUT2D eigenvalue weighted by molar-refractivity contribution is 0.313. The lowest BCUT2D eigenvalue weighted by Crippen LogP contribution is -2.21. The maximum absolute atomic E-state index is 13.8. The van der Waals surface area contributed by atoms with Gasteiger partial charge in [-0.25, -0.2) is 9.37 Å². The summed E-state index contributed by atoms with van der Waals surface area (Å²) in [5.41, 5.74) is 2.01. The first-order chi connectivity index (χ1) is 11.6. The number of fused-ring (bicyclic) bond motifs is 1. The van der Waals surface area contributed by atoms with Crippen LogP contribution in [-0.4, -0.2) is 28.4 Å². The van der Waals surface area contributed by atoms with Crippen molar-refractivity contribution in [3.8, 4) is 5.75 Å². The number of benzene rings is 1. The molecule has 0 spiro atoms. The molecule has 2 heterocycles. The van der Waals surface area contributed by atoms with E-state index < -0.39 is 0 Å². The van der Waals surface area contributed by atoms with Crippen LogP contribution in [-0.2, 0) is 13.1 Å². The third kappa shape index (κ3) is 3.44. The van der Waals surface area contributed by atoms with Gasteiger partial charge in [0.25, 0.3) is 5.56 Å². The van der Waals surface area contributed by atoms with Crippen LogP contribution in [0.1, 0.15) is 11.3 Å². The van der Waals surface area contributed by atoms with Crippen LogP contribution in [0.4, 0.5) is 4.39 Å². The standard InChI is InChI=1S/C18H18FN3O2/c1-21(11-13-6-7-16(24-2)15(19)9-13)12-14-10-18(23)22-8-4-3-5-17(22)20-14/h3-10H,11-12H2,1-2H3. The minimum Gasteiger partial charge on any atom is -0.494 e. The van der Waals surface area contributed by atoms with Gasteiger partial charge in [-0.1, -0.05) is 12.1 Å². The summed E-state index contributed by atoms with van der Waals surface area (Å²) in [6, 6.07) is 11.8. The van der Waals surface area contributed by atoms with Gasteiger partial charge in [0.05, 0.1) is 12.8 Å². The molecule has 0 aliphatic heterocycles. The fourth-order valence-electron chi connectivity index (χ4n) is 2.64. The van der Waals surface area contributed by atoms with E-state index in [4.69, 9.17) is 4.74 Å². The second-order valence-corrected chi connectivity index (χ2v) is 5.66. The quantitative estimate of drug-likeness (QED) is 0.722. The summed E-state index contributed by atoms with van der Waals surface area (Å²) >= 11 is 0. The lowest BCUT2D eigenvalue weighted by atomic mass is 10.2. The molecule has 0 unspecified atom stereocenters. The number of aromatic nitrogens is 2. The Morgan fingerprint density at radius 1 is 1.21 bits per heavy atom. The van der Waals surface area contributed by atoms with Crippen molar-refractivity contribution in [2.24, 2.45) is 0 Å². The highest BCUT2D eigenvalue weighted by atomic mass is 19.1. The molecule has 0 saturated heterocycles. The number of nitrogens with zero attached hydrogens (tertiary/aromatic N) is 3. The Hall–Kier alpha value is -2.73. The van der Waals surface area contributed by atoms with Gasteiger partial charge in [-0.15, -0.1) is 0 Å². The van der Waals surface area contributed by atoms with Crippen molar-refractivity contribution in [2.45, 2.75) is 13.1 Å². The highest BCUT2D eigenvalue weighted by Crippen LogP contribution is 2.18. The molecule has 0 atom stereocenters. The fraction of sp³-hybridized carbons (Fsp3) is 0.222. The maximum Gasteiger partial charge on any atom is 0.258 e. The third-order valence-electron chi connectivity index (χ3n) is 3.72. The Bertz CT molecular complexity index is 924. The largest absolute Gasteiger partial charge is 0.494 e. The van der Waals surface area contributed by atoms with Crippen LogP contribution in [0.3, 0.4) is 0 Å². The first-order valence-electron chi connectivity index (χ1n) is 7.55. The van der Waals surface area contributed by atoms with E-state index in [1.165, 1.54) is 23.6 Å². The summed E-state index contributed by atoms with van der Waals surface area (Å²) in [4.78, 5) is 18.6. The molecule has 5 nitrogen and oxygen atoms in total. The van der Waals surface area contributed by atoms with Gasteiger partial charge in [0, 0.05) is 25.4 Å². The summed E-state index contributed by atoms with van der Waals surface area (Å²) < 4.78 is 20.2. The van der Waals surface area contributed by atoms with E-state index >= 15 is 0 Å². The fourth-order valence-corrected chi connectivity index (χ4v) is 2.64. The molecule has 0 amide bonds. The molecule has 2 aromatic heterocycles. The maximum atomic E-state index is 13.8. The highest BCUT2D eigenvalue weighted by Gasteiger charge is 2.08. The molecule has 0 saturated carbocycles. The number of ether oxygens (including phenoxy) is 1. The van der Waals surface area contributed by atoms with E-state index in [1.807, 2.05) is 24.1 Å². The Morgan fingerprint density at radius 2 is 2.04 bits per heavy atom. The molecule has 0 N–H and O–H groups in total. The normalized spacial score (nSPS) is 11.2. The molecular formula is C18H18FN3O2. The zero-order valence-corrected chi connectivity index (χ0v) is 13.6. The van der Waals surface area contributed by atoms with Gasteiger partial charge in [0.2, 0.25) is 0 Å². The zero-order chi connectivity index (χ0) is 17.1. The van der Waals surface area contributed by atoms with E-state index in [2.05, 4.69) is 4.98 Å². The monoisotopic (exact) mass is 327 g/mol. The predicted molar refractivity (Wildman–Crippen MR) is 89.6 cm³/mol. The van der Waals surface area contributed by atoms with Gasteiger partial charge in [0.15, 0.2) is 11.6 Å². The minimum absolute atomic E-state index is 0.112. The first-order valence-corrected chi connectivity index (χ1v) is 7.55. The molecule has 0 fully saturated rings. The molecule has 124 valence electrons. The average molecular weight is 327 g/mol. The zero-order valence-electron chi connectivity index (χ0n) is 13.6. The van der Waals surface area contributed by atoms with Crippen molar-refractivity contribution in [3.05, 3.63) is 76.1 Å². The summed E-state index contributed by atoms with van der Waals surface area (Å²) in [6.45, 7) is 1.03. The van der Waals surface area contributed by atoms with Gasteiger partial charge in [-0.05, 0) is 36.9 Å². The lowest BCUT2D eigenvalue weighted by Gasteiger charge is -2.17. The summed E-state index contributed by atoms with van der Waals surface area (Å²) in [7, 11) is 3.34. The number of halogens is 1. The van der Waals surface area contributed by atoms with Crippen LogP contribution in [0, 0.1) is 5.82 Å². The molecule has 6 heteroatoms. The minimum atomic E-state index is -0.384. The van der Waals surface area contributed by atoms with Gasteiger partial charge in [-0.3, -0.25) is 14.1 Å². The molecule has 0 aliphatic rings. The van der Waals surface area contributed by atoms with Gasteiger partial charge >= 0.3 is 0 Å². The van der Waals surface area contributed by atoms with E-state index in [1.54, 1.807) is 24.4 Å². The first kappa shape index (κ1) is 16.1. The smallest absolute Gasteiger partial charge is 0.258 e. The number of pyridine rings is 1. The average Bonchev–Trinajstić information content (AvgIpc) is 2.55. The molecular weight excluding hydrogens is 309 g/mol. The van der Waals surface area contributed by atoms with Crippen molar-refractivity contribution in [1.29, 1.82) is 0 Å². The molecule has 3 aromatic rings. The van der Waals surface area contributed by atoms with Crippen molar-refractivity contribution < 1.29 is 9.13 Å². The highest BCUT2D eigenvalue weighted by molar-refractivity contribution is 5.38. The molecule has 24 heavy (non-hydrogen) atoms. The molecule has 1 aromatic carbocycles. The predicted octanol–water partition coefficient (Wildman–Crippen LogP) is 2.47. The molecule has 0 radical (unpaired) electrons. The topological polar surface area (TPSA) is 46.8 Å². The van der Waals surface area contributed by atoms with Gasteiger partial charge < -0.3 is 4.74 Å². The van der Waals surface area contributed by atoms with E-state index in [-0.39, 0.29) is 17.1 Å². The van der Waals surface area contributed by atoms with Crippen LogP contribution in [0.5, 0.6) is 5.75 Å². The number of rotatable bonds is 5. The number of methoxy groups -OCH3 is 1. The van der Waals surface area contributed by atoms with E-state index in [0.29, 0.717) is 24.4 Å². The Labute approximate surface area is 138 Å². The van der Waals surface area contributed by atoms with Crippen molar-refractivity contribution in [1.82, 2.24) is 14.3 Å². The second-order valence-electron chi connectivity index (χ2n) is 5.66. The summed E-state index contributed by atoms with van der Waals surface area (Å²) in [5.74, 6) is -0.156. The van der Waals surface area contributed by atoms with Crippen LogP contribution >= 0.6 is 0 Å².